The topological polar surface area (TPSA) is 175 Å². The molecule has 0 aliphatic carbocycles. The minimum Gasteiger partial charge on any atom is -0.454 e. The van der Waals surface area contributed by atoms with Crippen molar-refractivity contribution < 1.29 is 49.3 Å². The highest BCUT2D eigenvalue weighted by atomic mass is 16.7. The molecule has 0 saturated carbocycles. The first-order chi connectivity index (χ1) is 35.7. The maximum absolute atomic E-state index is 13.4. The van der Waals surface area contributed by atoms with Gasteiger partial charge in [-0.1, -0.05) is 249 Å². The SMILES string of the molecule is CCCCC/C=C\C/C=C\C/C=C\CCCCCCC(=O)OC1C(OCC(NC(=O)C(O)CCCCCCCCCCCCCCCC)C(O)/C=C/CCCCCCCCCCCCC)OC(CO)C(O)C1O. The zero-order chi connectivity index (χ0) is 53.3. The van der Waals surface area contributed by atoms with E-state index >= 15 is 0 Å². The summed E-state index contributed by atoms with van der Waals surface area (Å²) in [4.78, 5) is 26.5. The van der Waals surface area contributed by atoms with Crippen LogP contribution in [0, 0.1) is 0 Å². The van der Waals surface area contributed by atoms with Crippen LogP contribution in [-0.4, -0.2) is 99.6 Å². The molecule has 73 heavy (non-hydrogen) atoms. The zero-order valence-electron chi connectivity index (χ0n) is 47.0. The van der Waals surface area contributed by atoms with Crippen LogP contribution in [-0.2, 0) is 23.8 Å². The molecule has 0 radical (unpaired) electrons. The average Bonchev–Trinajstić information content (AvgIpc) is 3.39. The lowest BCUT2D eigenvalue weighted by atomic mass is 9.99. The second kappa shape index (κ2) is 50.4. The van der Waals surface area contributed by atoms with E-state index in [1.165, 1.54) is 141 Å². The second-order valence-electron chi connectivity index (χ2n) is 21.1. The molecule has 1 amide bonds. The predicted molar refractivity (Wildman–Crippen MR) is 301 cm³/mol. The summed E-state index contributed by atoms with van der Waals surface area (Å²) >= 11 is 0. The van der Waals surface area contributed by atoms with Crippen LogP contribution in [0.2, 0.25) is 0 Å². The van der Waals surface area contributed by atoms with Gasteiger partial charge in [0.05, 0.1) is 25.4 Å². The maximum atomic E-state index is 13.4. The van der Waals surface area contributed by atoms with Gasteiger partial charge in [0, 0.05) is 6.42 Å². The standard InChI is InChI=1S/C62H113NO10/c1-4-7-10-13-16-19-22-25-27-28-29-32-35-38-41-44-47-50-57(67)73-60-59(69)58(68)56(51-64)72-62(60)71-52-53(54(65)48-45-42-39-36-33-30-24-21-18-15-12-9-6-3)63-61(70)55(66)49-46-43-40-37-34-31-26-23-20-17-14-11-8-5-2/h16,19,25,27,29,32,45,48,53-56,58-60,62,64-66,68-69H,4-15,17-18,20-24,26,28,30-31,33-44,46-47,49-52H2,1-3H3,(H,63,70)/b19-16-,27-25-,32-29-,48-45+. The van der Waals surface area contributed by atoms with Gasteiger partial charge in [-0.3, -0.25) is 9.59 Å². The lowest BCUT2D eigenvalue weighted by Gasteiger charge is -2.41. The van der Waals surface area contributed by atoms with E-state index in [0.717, 1.165) is 83.5 Å². The van der Waals surface area contributed by atoms with Gasteiger partial charge in [0.15, 0.2) is 12.4 Å². The molecule has 11 heteroatoms. The molecule has 0 aromatic heterocycles. The summed E-state index contributed by atoms with van der Waals surface area (Å²) in [5.74, 6) is -1.21. The minimum atomic E-state index is -1.62. The van der Waals surface area contributed by atoms with Gasteiger partial charge in [0.2, 0.25) is 5.91 Å². The highest BCUT2D eigenvalue weighted by Gasteiger charge is 2.47. The molecule has 1 saturated heterocycles. The van der Waals surface area contributed by atoms with E-state index in [4.69, 9.17) is 14.2 Å². The molecule has 8 atom stereocenters. The number of allylic oxidation sites excluding steroid dienone is 7. The third-order valence-corrected chi connectivity index (χ3v) is 14.2. The Balaban J connectivity index is 2.72. The number of rotatable bonds is 51. The Labute approximate surface area is 446 Å². The number of unbranched alkanes of at least 4 members (excludes halogenated alkanes) is 31. The van der Waals surface area contributed by atoms with Gasteiger partial charge in [-0.15, -0.1) is 0 Å². The van der Waals surface area contributed by atoms with Crippen LogP contribution in [0.3, 0.4) is 0 Å². The fourth-order valence-corrected chi connectivity index (χ4v) is 9.36. The molecule has 1 rings (SSSR count). The quantitative estimate of drug-likeness (QED) is 0.0195. The number of carbonyl (C=O) groups excluding carboxylic acids is 2. The lowest BCUT2D eigenvalue weighted by Crippen LogP contribution is -2.61. The molecule has 1 fully saturated rings. The Bertz CT molecular complexity index is 1370. The van der Waals surface area contributed by atoms with E-state index in [-0.39, 0.29) is 13.0 Å². The van der Waals surface area contributed by atoms with Crippen molar-refractivity contribution in [3.63, 3.8) is 0 Å². The predicted octanol–water partition coefficient (Wildman–Crippen LogP) is 14.1. The van der Waals surface area contributed by atoms with Gasteiger partial charge >= 0.3 is 5.97 Å². The Morgan fingerprint density at radius 3 is 1.44 bits per heavy atom. The van der Waals surface area contributed by atoms with E-state index < -0.39 is 67.4 Å². The number of aliphatic hydroxyl groups excluding tert-OH is 5. The fourth-order valence-electron chi connectivity index (χ4n) is 9.36. The van der Waals surface area contributed by atoms with Crippen LogP contribution in [0.25, 0.3) is 0 Å². The van der Waals surface area contributed by atoms with E-state index in [0.29, 0.717) is 19.3 Å². The van der Waals surface area contributed by atoms with Gasteiger partial charge in [-0.05, 0) is 64.2 Å². The van der Waals surface area contributed by atoms with E-state index in [2.05, 4.69) is 62.5 Å². The Kier molecular flexibility index (Phi) is 47.4. The third-order valence-electron chi connectivity index (χ3n) is 14.2. The minimum absolute atomic E-state index is 0.0989. The Hall–Kier alpha value is -2.38. The summed E-state index contributed by atoms with van der Waals surface area (Å²) in [6, 6.07) is -1.03. The molecule has 1 aliphatic rings. The van der Waals surface area contributed by atoms with Crippen molar-refractivity contribution in [1.82, 2.24) is 5.32 Å². The summed E-state index contributed by atoms with van der Waals surface area (Å²) in [5.41, 5.74) is 0. The molecule has 0 aromatic carbocycles. The number of hydrogen-bond acceptors (Lipinski definition) is 10. The average molecular weight is 1030 g/mol. The molecule has 11 nitrogen and oxygen atoms in total. The highest BCUT2D eigenvalue weighted by Crippen LogP contribution is 2.26. The van der Waals surface area contributed by atoms with Gasteiger partial charge in [0.25, 0.3) is 0 Å². The molecule has 6 N–H and O–H groups in total. The number of carbonyl (C=O) groups is 2. The normalized spacial score (nSPS) is 19.7. The summed E-state index contributed by atoms with van der Waals surface area (Å²) in [6.45, 7) is 5.76. The molecule has 1 aliphatic heterocycles. The van der Waals surface area contributed by atoms with Gasteiger partial charge in [-0.25, -0.2) is 0 Å². The van der Waals surface area contributed by atoms with Crippen LogP contribution in [0.5, 0.6) is 0 Å². The summed E-state index contributed by atoms with van der Waals surface area (Å²) < 4.78 is 17.6. The molecule has 426 valence electrons. The number of amides is 1. The number of esters is 1. The van der Waals surface area contributed by atoms with E-state index in [1.54, 1.807) is 6.08 Å². The zero-order valence-corrected chi connectivity index (χ0v) is 47.0. The molecule has 8 unspecified atom stereocenters. The first-order valence-corrected chi connectivity index (χ1v) is 30.4. The maximum Gasteiger partial charge on any atom is 0.306 e. The smallest absolute Gasteiger partial charge is 0.306 e. The first-order valence-electron chi connectivity index (χ1n) is 30.4. The van der Waals surface area contributed by atoms with Gasteiger partial charge in [0.1, 0.15) is 24.4 Å². The number of nitrogens with one attached hydrogen (secondary N) is 1. The van der Waals surface area contributed by atoms with Crippen molar-refractivity contribution in [3.8, 4) is 0 Å². The third kappa shape index (κ3) is 38.8. The molecule has 0 spiro atoms. The fraction of sp³-hybridized carbons (Fsp3) is 0.839. The Morgan fingerprint density at radius 2 is 0.945 bits per heavy atom. The van der Waals surface area contributed by atoms with E-state index in [9.17, 15) is 35.1 Å². The number of ether oxygens (including phenoxy) is 3. The molecular weight excluding hydrogens is 919 g/mol. The number of hydrogen-bond donors (Lipinski definition) is 6. The van der Waals surface area contributed by atoms with Crippen molar-refractivity contribution in [2.45, 2.75) is 320 Å². The van der Waals surface area contributed by atoms with Crippen LogP contribution < -0.4 is 5.32 Å². The summed E-state index contributed by atoms with van der Waals surface area (Å²) in [6.07, 6.45) is 50.0. The summed E-state index contributed by atoms with van der Waals surface area (Å²) in [5, 5.41) is 56.9. The molecule has 0 bridgehead atoms. The van der Waals surface area contributed by atoms with Crippen molar-refractivity contribution in [2.75, 3.05) is 13.2 Å². The first kappa shape index (κ1) is 68.6. The van der Waals surface area contributed by atoms with Crippen LogP contribution in [0.15, 0.2) is 48.6 Å². The highest BCUT2D eigenvalue weighted by molar-refractivity contribution is 5.80. The van der Waals surface area contributed by atoms with Crippen LogP contribution in [0.4, 0.5) is 0 Å². The monoisotopic (exact) mass is 1030 g/mol. The molecule has 0 aromatic rings. The molecule has 1 heterocycles. The van der Waals surface area contributed by atoms with Crippen molar-refractivity contribution in [1.29, 1.82) is 0 Å². The van der Waals surface area contributed by atoms with Crippen molar-refractivity contribution in [2.24, 2.45) is 0 Å². The lowest BCUT2D eigenvalue weighted by molar-refractivity contribution is -0.305. The molecular formula is C62H113NO10. The number of aliphatic hydroxyl groups is 5. The van der Waals surface area contributed by atoms with Gasteiger partial charge in [-0.2, -0.15) is 0 Å². The van der Waals surface area contributed by atoms with Crippen LogP contribution in [0.1, 0.15) is 271 Å². The largest absolute Gasteiger partial charge is 0.454 e. The van der Waals surface area contributed by atoms with Gasteiger partial charge < -0.3 is 45.1 Å². The van der Waals surface area contributed by atoms with Crippen LogP contribution >= 0.6 is 0 Å². The van der Waals surface area contributed by atoms with Crippen molar-refractivity contribution in [3.05, 3.63) is 48.6 Å². The van der Waals surface area contributed by atoms with E-state index in [1.807, 2.05) is 6.08 Å². The van der Waals surface area contributed by atoms with Crippen molar-refractivity contribution >= 4 is 11.9 Å². The Morgan fingerprint density at radius 1 is 0.534 bits per heavy atom. The second-order valence-corrected chi connectivity index (χ2v) is 21.1. The summed E-state index contributed by atoms with van der Waals surface area (Å²) in [7, 11) is 0.